The molecule has 4 heteroatoms. The molecule has 4 rings (SSSR count). The highest BCUT2D eigenvalue weighted by molar-refractivity contribution is 5.64. The van der Waals surface area contributed by atoms with E-state index < -0.39 is 0 Å². The summed E-state index contributed by atoms with van der Waals surface area (Å²) in [6.07, 6.45) is 10.1. The molecule has 1 saturated carbocycles. The highest BCUT2D eigenvalue weighted by Gasteiger charge is 2.18. The topological polar surface area (TPSA) is 43.4 Å². The van der Waals surface area contributed by atoms with Crippen LogP contribution in [0.2, 0.25) is 0 Å². The Labute approximate surface area is 149 Å². The molecule has 1 aliphatic carbocycles. The van der Waals surface area contributed by atoms with Crippen LogP contribution < -0.4 is 10.1 Å². The van der Waals surface area contributed by atoms with Gasteiger partial charge in [-0.15, -0.1) is 0 Å². The first-order chi connectivity index (χ1) is 12.4. The van der Waals surface area contributed by atoms with Gasteiger partial charge in [-0.1, -0.05) is 24.3 Å². The van der Waals surface area contributed by atoms with Crippen LogP contribution in [0.15, 0.2) is 42.7 Å². The van der Waals surface area contributed by atoms with Crippen molar-refractivity contribution in [3.8, 4) is 16.9 Å². The monoisotopic (exact) mass is 338 g/mol. The zero-order valence-electron chi connectivity index (χ0n) is 14.6. The van der Waals surface area contributed by atoms with Gasteiger partial charge in [0.05, 0.1) is 18.9 Å². The maximum absolute atomic E-state index is 5.88. The van der Waals surface area contributed by atoms with E-state index >= 15 is 0 Å². The number of ether oxygens (including phenoxy) is 2. The number of nitrogens with zero attached hydrogens (tertiary/aromatic N) is 1. The summed E-state index contributed by atoms with van der Waals surface area (Å²) in [5, 5.41) is 3.35. The smallest absolute Gasteiger partial charge is 0.138 e. The van der Waals surface area contributed by atoms with Crippen LogP contribution in [0.1, 0.15) is 31.2 Å². The van der Waals surface area contributed by atoms with Crippen LogP contribution in [0.25, 0.3) is 11.1 Å². The highest BCUT2D eigenvalue weighted by Crippen LogP contribution is 2.25. The summed E-state index contributed by atoms with van der Waals surface area (Å²) in [6.45, 7) is 2.62. The van der Waals surface area contributed by atoms with Gasteiger partial charge in [-0.3, -0.25) is 4.98 Å². The number of benzene rings is 1. The van der Waals surface area contributed by atoms with Crippen molar-refractivity contribution in [2.75, 3.05) is 19.8 Å². The van der Waals surface area contributed by atoms with E-state index in [-0.39, 0.29) is 0 Å². The predicted molar refractivity (Wildman–Crippen MR) is 98.9 cm³/mol. The number of hydrogen-bond donors (Lipinski definition) is 1. The largest absolute Gasteiger partial charge is 0.490 e. The molecule has 1 aromatic heterocycles. The molecule has 0 unspecified atom stereocenters. The Morgan fingerprint density at radius 3 is 2.76 bits per heavy atom. The van der Waals surface area contributed by atoms with E-state index in [9.17, 15) is 0 Å². The Hall–Kier alpha value is -1.91. The van der Waals surface area contributed by atoms with Gasteiger partial charge in [0.2, 0.25) is 0 Å². The van der Waals surface area contributed by atoms with Gasteiger partial charge >= 0.3 is 0 Å². The van der Waals surface area contributed by atoms with Crippen molar-refractivity contribution in [2.24, 2.45) is 0 Å². The molecular formula is C21H26N2O2. The molecule has 25 heavy (non-hydrogen) atoms. The van der Waals surface area contributed by atoms with E-state index in [0.717, 1.165) is 30.9 Å². The fraction of sp³-hybridized carbons (Fsp3) is 0.476. The second kappa shape index (κ2) is 7.98. The van der Waals surface area contributed by atoms with Crippen LogP contribution in [0.3, 0.4) is 0 Å². The first kappa shape index (κ1) is 16.6. The number of rotatable bonds is 8. The van der Waals surface area contributed by atoms with Crippen molar-refractivity contribution in [1.82, 2.24) is 10.3 Å². The first-order valence-electron chi connectivity index (χ1n) is 9.39. The summed E-state index contributed by atoms with van der Waals surface area (Å²) in [5.41, 5.74) is 3.59. The standard InChI is InChI=1S/C21H26N2O2/c1-3-16(8-10-24-20-5-2-6-20)11-17(4-1)18-12-21(14-22-13-18)25-15-19-7-9-23-19/h1,3-4,11-14,19-20,23H,2,5-10,15H2/t19-/m0/s1. The van der Waals surface area contributed by atoms with Gasteiger partial charge in [-0.2, -0.15) is 0 Å². The summed E-state index contributed by atoms with van der Waals surface area (Å²) in [7, 11) is 0. The van der Waals surface area contributed by atoms with Gasteiger partial charge in [0, 0.05) is 17.8 Å². The van der Waals surface area contributed by atoms with E-state index in [1.165, 1.54) is 36.8 Å². The average Bonchev–Trinajstić information content (AvgIpc) is 2.56. The maximum Gasteiger partial charge on any atom is 0.138 e. The molecule has 0 amide bonds. The Morgan fingerprint density at radius 2 is 2.00 bits per heavy atom. The van der Waals surface area contributed by atoms with Crippen LogP contribution in [-0.4, -0.2) is 36.9 Å². The summed E-state index contributed by atoms with van der Waals surface area (Å²) < 4.78 is 11.7. The number of hydrogen-bond acceptors (Lipinski definition) is 4. The van der Waals surface area contributed by atoms with Gasteiger partial charge in [0.1, 0.15) is 12.4 Å². The van der Waals surface area contributed by atoms with Crippen molar-refractivity contribution in [3.05, 3.63) is 48.3 Å². The van der Waals surface area contributed by atoms with Crippen molar-refractivity contribution >= 4 is 0 Å². The summed E-state index contributed by atoms with van der Waals surface area (Å²) in [5.74, 6) is 0.838. The normalized spacial score (nSPS) is 19.9. The minimum Gasteiger partial charge on any atom is -0.490 e. The lowest BCUT2D eigenvalue weighted by Crippen LogP contribution is -2.46. The molecular weight excluding hydrogens is 312 g/mol. The Morgan fingerprint density at radius 1 is 1.08 bits per heavy atom. The number of pyridine rings is 1. The van der Waals surface area contributed by atoms with Gasteiger partial charge in [0.15, 0.2) is 0 Å². The van der Waals surface area contributed by atoms with Crippen LogP contribution in [0.4, 0.5) is 0 Å². The number of nitrogens with one attached hydrogen (secondary N) is 1. The Bertz CT molecular complexity index is 696. The molecule has 2 aliphatic rings. The third-order valence-electron chi connectivity index (χ3n) is 5.15. The SMILES string of the molecule is c1cc(CCOC2CCC2)cc(-c2cncc(OC[C@@H]3CCN3)c2)c1. The lowest BCUT2D eigenvalue weighted by atomic mass is 9.96. The fourth-order valence-corrected chi connectivity index (χ4v) is 3.13. The molecule has 0 radical (unpaired) electrons. The Kier molecular flexibility index (Phi) is 5.28. The lowest BCUT2D eigenvalue weighted by Gasteiger charge is -2.27. The zero-order chi connectivity index (χ0) is 16.9. The van der Waals surface area contributed by atoms with Crippen LogP contribution >= 0.6 is 0 Å². The minimum absolute atomic E-state index is 0.489. The second-order valence-corrected chi connectivity index (χ2v) is 7.03. The van der Waals surface area contributed by atoms with Crippen molar-refractivity contribution in [1.29, 1.82) is 0 Å². The quantitative estimate of drug-likeness (QED) is 0.799. The van der Waals surface area contributed by atoms with Crippen LogP contribution in [-0.2, 0) is 11.2 Å². The molecule has 1 atom stereocenters. The molecule has 4 nitrogen and oxygen atoms in total. The van der Waals surface area contributed by atoms with Crippen molar-refractivity contribution in [2.45, 2.75) is 44.2 Å². The summed E-state index contributed by atoms with van der Waals surface area (Å²) in [6, 6.07) is 11.2. The molecule has 132 valence electrons. The molecule has 0 spiro atoms. The molecule has 1 saturated heterocycles. The van der Waals surface area contributed by atoms with Gasteiger partial charge < -0.3 is 14.8 Å². The third-order valence-corrected chi connectivity index (χ3v) is 5.15. The Balaban J connectivity index is 1.37. The van der Waals surface area contributed by atoms with Gasteiger partial charge in [0.25, 0.3) is 0 Å². The summed E-state index contributed by atoms with van der Waals surface area (Å²) >= 11 is 0. The summed E-state index contributed by atoms with van der Waals surface area (Å²) in [4.78, 5) is 4.35. The highest BCUT2D eigenvalue weighted by atomic mass is 16.5. The molecule has 1 aliphatic heterocycles. The molecule has 1 aromatic carbocycles. The van der Waals surface area contributed by atoms with E-state index in [2.05, 4.69) is 40.6 Å². The van der Waals surface area contributed by atoms with Gasteiger partial charge in [-0.25, -0.2) is 0 Å². The van der Waals surface area contributed by atoms with E-state index in [0.29, 0.717) is 18.8 Å². The fourth-order valence-electron chi connectivity index (χ4n) is 3.13. The van der Waals surface area contributed by atoms with E-state index in [1.54, 1.807) is 6.20 Å². The molecule has 1 N–H and O–H groups in total. The third kappa shape index (κ3) is 4.39. The van der Waals surface area contributed by atoms with Crippen LogP contribution in [0.5, 0.6) is 5.75 Å². The predicted octanol–water partition coefficient (Wildman–Crippen LogP) is 3.60. The maximum atomic E-state index is 5.88. The minimum atomic E-state index is 0.489. The van der Waals surface area contributed by atoms with Crippen LogP contribution in [0, 0.1) is 0 Å². The molecule has 2 heterocycles. The number of aromatic nitrogens is 1. The van der Waals surface area contributed by atoms with Crippen molar-refractivity contribution in [3.63, 3.8) is 0 Å². The first-order valence-corrected chi connectivity index (χ1v) is 9.39. The zero-order valence-corrected chi connectivity index (χ0v) is 14.6. The molecule has 2 aromatic rings. The van der Waals surface area contributed by atoms with E-state index in [4.69, 9.17) is 9.47 Å². The van der Waals surface area contributed by atoms with E-state index in [1.807, 2.05) is 6.20 Å². The lowest BCUT2D eigenvalue weighted by molar-refractivity contribution is 0.00413. The van der Waals surface area contributed by atoms with Gasteiger partial charge in [-0.05, 0) is 55.8 Å². The van der Waals surface area contributed by atoms with Crippen molar-refractivity contribution < 1.29 is 9.47 Å². The molecule has 0 bridgehead atoms. The average molecular weight is 338 g/mol. The molecule has 2 fully saturated rings. The second-order valence-electron chi connectivity index (χ2n) is 7.03.